The van der Waals surface area contributed by atoms with Gasteiger partial charge in [0.2, 0.25) is 5.91 Å². The van der Waals surface area contributed by atoms with E-state index in [1.807, 2.05) is 60.9 Å². The van der Waals surface area contributed by atoms with Crippen molar-refractivity contribution >= 4 is 62.7 Å². The number of esters is 1. The van der Waals surface area contributed by atoms with Gasteiger partial charge in [-0.25, -0.2) is 4.79 Å². The van der Waals surface area contributed by atoms with Crippen molar-refractivity contribution in [1.82, 2.24) is 20.5 Å². The summed E-state index contributed by atoms with van der Waals surface area (Å²) in [5, 5.41) is 8.21. The molecule has 0 fully saturated rings. The lowest BCUT2D eigenvalue weighted by Gasteiger charge is -2.22. The third kappa shape index (κ3) is 5.40. The molecular weight excluding hydrogens is 455 g/mol. The largest absolute Gasteiger partial charge is 0.467 e. The summed E-state index contributed by atoms with van der Waals surface area (Å²) >= 11 is 4.19. The average Bonchev–Trinajstić information content (AvgIpc) is 3.45. The third-order valence-electron chi connectivity index (χ3n) is 5.71. The predicted molar refractivity (Wildman–Crippen MR) is 139 cm³/mol. The number of hydrogen-bond donors (Lipinski definition) is 5. The van der Waals surface area contributed by atoms with Crippen molar-refractivity contribution in [2.45, 2.75) is 24.9 Å². The van der Waals surface area contributed by atoms with Crippen molar-refractivity contribution in [3.05, 3.63) is 72.1 Å². The molecule has 4 aromatic rings. The Morgan fingerprint density at radius 2 is 1.52 bits per heavy atom. The van der Waals surface area contributed by atoms with Gasteiger partial charge in [0.05, 0.1) is 13.2 Å². The molecule has 170 valence electrons. The standard InChI is InChI=1S/C23H25BN4O3S2/c1-31-23(30)21(11-15-13-26-19-9-5-3-7-17(15)19)27-22(29)20(28-24-33-32)10-14-12-25-18-8-4-2-6-16(14)18/h2-9,12-13,20-21,24-26,28,32H,10-11H2,1H3,(H,27,29). The zero-order valence-electron chi connectivity index (χ0n) is 18.1. The molecule has 0 aliphatic carbocycles. The van der Waals surface area contributed by atoms with Crippen LogP contribution in [0.2, 0.25) is 0 Å². The van der Waals surface area contributed by atoms with Crippen LogP contribution in [-0.2, 0) is 27.2 Å². The Bertz CT molecular complexity index is 1260. The zero-order chi connectivity index (χ0) is 23.2. The highest BCUT2D eigenvalue weighted by Crippen LogP contribution is 2.21. The van der Waals surface area contributed by atoms with Gasteiger partial charge in [-0.1, -0.05) is 36.4 Å². The SMILES string of the molecule is COC(=O)C(Cc1c[nH]c2ccccc12)NC(=O)C(Cc1c[nH]c2ccccc12)NBSS. The molecule has 2 aromatic carbocycles. The topological polar surface area (TPSA) is 99.0 Å². The molecule has 2 atom stereocenters. The molecule has 0 aliphatic heterocycles. The van der Waals surface area contributed by atoms with Gasteiger partial charge in [-0.15, -0.1) is 22.3 Å². The molecule has 1 amide bonds. The van der Waals surface area contributed by atoms with Crippen molar-refractivity contribution in [1.29, 1.82) is 0 Å². The number of fused-ring (bicyclic) bond motifs is 2. The van der Waals surface area contributed by atoms with Gasteiger partial charge in [0.1, 0.15) is 6.04 Å². The van der Waals surface area contributed by atoms with Gasteiger partial charge >= 0.3 is 5.97 Å². The smallest absolute Gasteiger partial charge is 0.328 e. The Balaban J connectivity index is 1.53. The summed E-state index contributed by atoms with van der Waals surface area (Å²) in [7, 11) is 2.63. The van der Waals surface area contributed by atoms with Gasteiger partial charge in [0.25, 0.3) is 6.69 Å². The van der Waals surface area contributed by atoms with E-state index >= 15 is 0 Å². The van der Waals surface area contributed by atoms with E-state index in [0.717, 1.165) is 32.9 Å². The van der Waals surface area contributed by atoms with Gasteiger partial charge in [-0.2, -0.15) is 0 Å². The second-order valence-corrected chi connectivity index (χ2v) is 9.06. The van der Waals surface area contributed by atoms with E-state index in [9.17, 15) is 9.59 Å². The van der Waals surface area contributed by atoms with E-state index in [0.29, 0.717) is 19.5 Å². The number of H-pyrrole nitrogens is 2. The van der Waals surface area contributed by atoms with E-state index in [1.165, 1.54) is 17.8 Å². The predicted octanol–water partition coefficient (Wildman–Crippen LogP) is 2.89. The number of rotatable bonds is 10. The lowest BCUT2D eigenvalue weighted by molar-refractivity contribution is -0.145. The molecule has 10 heteroatoms. The Morgan fingerprint density at radius 3 is 2.06 bits per heavy atom. The second kappa shape index (κ2) is 10.9. The first-order chi connectivity index (χ1) is 16.1. The number of benzene rings is 2. The summed E-state index contributed by atoms with van der Waals surface area (Å²) in [5.41, 5.74) is 3.95. The minimum Gasteiger partial charge on any atom is -0.467 e. The average molecular weight is 480 g/mol. The van der Waals surface area contributed by atoms with Gasteiger partial charge < -0.3 is 25.2 Å². The third-order valence-corrected chi connectivity index (χ3v) is 6.39. The Hall–Kier alpha value is -2.82. The van der Waals surface area contributed by atoms with Crippen LogP contribution < -0.4 is 10.5 Å². The fourth-order valence-electron chi connectivity index (χ4n) is 4.04. The van der Waals surface area contributed by atoms with E-state index in [-0.39, 0.29) is 5.91 Å². The summed E-state index contributed by atoms with van der Waals surface area (Å²) in [6.07, 6.45) is 4.57. The van der Waals surface area contributed by atoms with Crippen molar-refractivity contribution < 1.29 is 14.3 Å². The van der Waals surface area contributed by atoms with Crippen molar-refractivity contribution in [2.75, 3.05) is 7.11 Å². The maximum absolute atomic E-state index is 13.3. The summed E-state index contributed by atoms with van der Waals surface area (Å²) < 4.78 is 4.99. The maximum atomic E-state index is 13.3. The number of amides is 1. The number of ether oxygens (including phenoxy) is 1. The van der Waals surface area contributed by atoms with Gasteiger partial charge in [-0.3, -0.25) is 4.79 Å². The minimum absolute atomic E-state index is 0.266. The molecule has 2 aromatic heterocycles. The van der Waals surface area contributed by atoms with Crippen LogP contribution in [-0.4, -0.2) is 47.7 Å². The molecule has 33 heavy (non-hydrogen) atoms. The molecule has 0 saturated carbocycles. The molecule has 4 N–H and O–H groups in total. The van der Waals surface area contributed by atoms with Crippen molar-refractivity contribution in [3.8, 4) is 0 Å². The number of thiol groups is 1. The van der Waals surface area contributed by atoms with E-state index in [4.69, 9.17) is 4.74 Å². The molecule has 0 saturated heterocycles. The van der Waals surface area contributed by atoms with Crippen LogP contribution in [0.5, 0.6) is 0 Å². The van der Waals surface area contributed by atoms with Gasteiger partial charge in [-0.05, 0) is 29.7 Å². The Kier molecular flexibility index (Phi) is 7.69. The molecule has 4 rings (SSSR count). The quantitative estimate of drug-likeness (QED) is 0.104. The molecule has 0 aliphatic rings. The van der Waals surface area contributed by atoms with E-state index in [1.54, 1.807) is 0 Å². The fraction of sp³-hybridized carbons (Fsp3) is 0.217. The molecule has 7 nitrogen and oxygen atoms in total. The summed E-state index contributed by atoms with van der Waals surface area (Å²) in [6.45, 7) is 0.481. The minimum atomic E-state index is -0.808. The highest BCUT2D eigenvalue weighted by atomic mass is 33.1. The number of methoxy groups -OCH3 is 1. The lowest BCUT2D eigenvalue weighted by Crippen LogP contribution is -2.52. The number of aromatic nitrogens is 2. The summed E-state index contributed by atoms with van der Waals surface area (Å²) in [6, 6.07) is 14.5. The van der Waals surface area contributed by atoms with Crippen molar-refractivity contribution in [3.63, 3.8) is 0 Å². The lowest BCUT2D eigenvalue weighted by atomic mass is 10.0. The highest BCUT2D eigenvalue weighted by Gasteiger charge is 2.27. The molecule has 0 spiro atoms. The number of aromatic amines is 2. The Morgan fingerprint density at radius 1 is 0.970 bits per heavy atom. The molecule has 2 heterocycles. The zero-order valence-corrected chi connectivity index (χ0v) is 19.8. The molecule has 0 bridgehead atoms. The van der Waals surface area contributed by atoms with Crippen molar-refractivity contribution in [2.24, 2.45) is 0 Å². The number of nitrogens with one attached hydrogen (secondary N) is 4. The van der Waals surface area contributed by atoms with Crippen LogP contribution in [0.4, 0.5) is 0 Å². The monoisotopic (exact) mass is 480 g/mol. The molecular formula is C23H25BN4O3S2. The number of carbonyl (C=O) groups excluding carboxylic acids is 2. The molecule has 2 unspecified atom stereocenters. The normalized spacial score (nSPS) is 13.0. The summed E-state index contributed by atoms with van der Waals surface area (Å²) in [4.78, 5) is 32.3. The fourth-order valence-corrected chi connectivity index (χ4v) is 4.54. The van der Waals surface area contributed by atoms with Crippen LogP contribution in [0.1, 0.15) is 11.1 Å². The van der Waals surface area contributed by atoms with E-state index in [2.05, 4.69) is 32.2 Å². The highest BCUT2D eigenvalue weighted by molar-refractivity contribution is 8.78. The van der Waals surface area contributed by atoms with Crippen LogP contribution in [0.15, 0.2) is 60.9 Å². The Labute approximate surface area is 201 Å². The first kappa shape index (κ1) is 23.3. The molecule has 0 radical (unpaired) electrons. The number of para-hydroxylation sites is 2. The van der Waals surface area contributed by atoms with Crippen LogP contribution >= 0.6 is 22.3 Å². The maximum Gasteiger partial charge on any atom is 0.328 e. The number of hydrogen-bond acceptors (Lipinski definition) is 6. The van der Waals surface area contributed by atoms with Crippen LogP contribution in [0, 0.1) is 0 Å². The van der Waals surface area contributed by atoms with Crippen LogP contribution in [0.25, 0.3) is 21.8 Å². The first-order valence-electron chi connectivity index (χ1n) is 10.6. The number of carbonyl (C=O) groups is 2. The van der Waals surface area contributed by atoms with Crippen LogP contribution in [0.3, 0.4) is 0 Å². The van der Waals surface area contributed by atoms with E-state index < -0.39 is 18.1 Å². The van der Waals surface area contributed by atoms with Gasteiger partial charge in [0, 0.05) is 40.6 Å². The summed E-state index contributed by atoms with van der Waals surface area (Å²) in [5.74, 6) is -0.749. The van der Waals surface area contributed by atoms with Gasteiger partial charge in [0.15, 0.2) is 0 Å². The first-order valence-corrected chi connectivity index (χ1v) is 12.6. The second-order valence-electron chi connectivity index (χ2n) is 7.74.